The number of aliphatic hydroxyl groups is 1. The molecule has 0 amide bonds. The Labute approximate surface area is 139 Å². The van der Waals surface area contributed by atoms with Crippen molar-refractivity contribution in [3.05, 3.63) is 11.6 Å². The Morgan fingerprint density at radius 3 is 2.57 bits per heavy atom. The van der Waals surface area contributed by atoms with Crippen LogP contribution in [0.2, 0.25) is 0 Å². The first-order valence-corrected chi connectivity index (χ1v) is 9.07. The molecule has 2 aliphatic rings. The molecule has 6 heteroatoms. The van der Waals surface area contributed by atoms with Gasteiger partial charge in [0.05, 0.1) is 12.6 Å². The number of likely N-dealkylation sites (tertiary alicyclic amines) is 2. The van der Waals surface area contributed by atoms with Crippen LogP contribution in [0.5, 0.6) is 0 Å². The fourth-order valence-corrected chi connectivity index (χ4v) is 3.83. The number of rotatable bonds is 4. The van der Waals surface area contributed by atoms with E-state index in [1.807, 2.05) is 0 Å². The molecule has 130 valence electrons. The van der Waals surface area contributed by atoms with E-state index in [2.05, 4.69) is 45.5 Å². The first-order valence-electron chi connectivity index (χ1n) is 9.07. The van der Waals surface area contributed by atoms with Gasteiger partial charge in [0.1, 0.15) is 11.6 Å². The van der Waals surface area contributed by atoms with Crippen molar-refractivity contribution in [2.45, 2.75) is 64.1 Å². The van der Waals surface area contributed by atoms with Gasteiger partial charge in [-0.1, -0.05) is 0 Å². The molecule has 1 aromatic rings. The second-order valence-corrected chi connectivity index (χ2v) is 7.47. The lowest BCUT2D eigenvalue weighted by molar-refractivity contribution is 0.0775. The van der Waals surface area contributed by atoms with Crippen molar-refractivity contribution in [3.63, 3.8) is 0 Å². The third-order valence-electron chi connectivity index (χ3n) is 5.47. The van der Waals surface area contributed by atoms with Crippen LogP contribution < -0.4 is 0 Å². The van der Waals surface area contributed by atoms with Gasteiger partial charge in [0.2, 0.25) is 0 Å². The van der Waals surface area contributed by atoms with Crippen LogP contribution in [0.15, 0.2) is 0 Å². The summed E-state index contributed by atoms with van der Waals surface area (Å²) in [6, 6.07) is 0.602. The summed E-state index contributed by atoms with van der Waals surface area (Å²) in [4.78, 5) is 4.93. The molecule has 23 heavy (non-hydrogen) atoms. The standard InChI is InChI=1S/C17H31N5O/c1-13(2)22-8-4-5-14(11-22)17-19-18-16(20(17)3)12-21-9-6-15(23)7-10-21/h13-15,23H,4-12H2,1-3H3. The predicted molar refractivity (Wildman–Crippen MR) is 90.2 cm³/mol. The lowest BCUT2D eigenvalue weighted by Gasteiger charge is -2.35. The van der Waals surface area contributed by atoms with Gasteiger partial charge in [-0.2, -0.15) is 0 Å². The van der Waals surface area contributed by atoms with E-state index < -0.39 is 0 Å². The smallest absolute Gasteiger partial charge is 0.146 e. The number of hydrogen-bond donors (Lipinski definition) is 1. The number of nitrogens with zero attached hydrogens (tertiary/aromatic N) is 5. The summed E-state index contributed by atoms with van der Waals surface area (Å²) in [6.45, 7) is 9.59. The summed E-state index contributed by atoms with van der Waals surface area (Å²) in [7, 11) is 2.11. The summed E-state index contributed by atoms with van der Waals surface area (Å²) in [5.74, 6) is 2.70. The normalized spacial score (nSPS) is 25.3. The van der Waals surface area contributed by atoms with E-state index in [0.29, 0.717) is 12.0 Å². The van der Waals surface area contributed by atoms with Crippen LogP contribution in [0.25, 0.3) is 0 Å². The van der Waals surface area contributed by atoms with E-state index in [9.17, 15) is 5.11 Å². The molecule has 1 aromatic heterocycles. The summed E-state index contributed by atoms with van der Waals surface area (Å²) in [5.41, 5.74) is 0. The first-order chi connectivity index (χ1) is 11.0. The second-order valence-electron chi connectivity index (χ2n) is 7.47. The zero-order valence-electron chi connectivity index (χ0n) is 14.8. The molecule has 0 aliphatic carbocycles. The number of aliphatic hydroxyl groups excluding tert-OH is 1. The highest BCUT2D eigenvalue weighted by Crippen LogP contribution is 2.27. The van der Waals surface area contributed by atoms with Gasteiger partial charge in [-0.25, -0.2) is 0 Å². The molecule has 2 aliphatic heterocycles. The summed E-state index contributed by atoms with van der Waals surface area (Å²) in [6.07, 6.45) is 4.08. The van der Waals surface area contributed by atoms with Crippen LogP contribution in [-0.4, -0.2) is 68.0 Å². The second kappa shape index (κ2) is 7.28. The molecule has 0 bridgehead atoms. The third-order valence-corrected chi connectivity index (χ3v) is 5.47. The van der Waals surface area contributed by atoms with Crippen molar-refractivity contribution in [2.75, 3.05) is 26.2 Å². The van der Waals surface area contributed by atoms with E-state index in [-0.39, 0.29) is 6.10 Å². The van der Waals surface area contributed by atoms with Gasteiger partial charge in [0.15, 0.2) is 0 Å². The van der Waals surface area contributed by atoms with Gasteiger partial charge in [-0.05, 0) is 46.1 Å². The molecule has 1 atom stereocenters. The van der Waals surface area contributed by atoms with Gasteiger partial charge < -0.3 is 14.6 Å². The fraction of sp³-hybridized carbons (Fsp3) is 0.882. The summed E-state index contributed by atoms with van der Waals surface area (Å²) < 4.78 is 2.21. The molecular formula is C17H31N5O. The van der Waals surface area contributed by atoms with Crippen molar-refractivity contribution in [1.29, 1.82) is 0 Å². The number of piperidine rings is 2. The number of hydrogen-bond acceptors (Lipinski definition) is 5. The molecule has 6 nitrogen and oxygen atoms in total. The molecule has 1 unspecified atom stereocenters. The van der Waals surface area contributed by atoms with Crippen LogP contribution in [0, 0.1) is 0 Å². The van der Waals surface area contributed by atoms with Crippen LogP contribution in [-0.2, 0) is 13.6 Å². The zero-order valence-corrected chi connectivity index (χ0v) is 14.8. The van der Waals surface area contributed by atoms with Crippen molar-refractivity contribution in [1.82, 2.24) is 24.6 Å². The highest BCUT2D eigenvalue weighted by Gasteiger charge is 2.27. The molecule has 2 saturated heterocycles. The van der Waals surface area contributed by atoms with E-state index in [0.717, 1.165) is 50.7 Å². The maximum Gasteiger partial charge on any atom is 0.146 e. The van der Waals surface area contributed by atoms with E-state index >= 15 is 0 Å². The van der Waals surface area contributed by atoms with Gasteiger partial charge >= 0.3 is 0 Å². The van der Waals surface area contributed by atoms with Crippen LogP contribution >= 0.6 is 0 Å². The minimum atomic E-state index is -0.120. The SMILES string of the molecule is CC(C)N1CCCC(c2nnc(CN3CCC(O)CC3)n2C)C1. The van der Waals surface area contributed by atoms with Gasteiger partial charge in [-0.3, -0.25) is 4.90 Å². The Balaban J connectivity index is 1.64. The van der Waals surface area contributed by atoms with Gasteiger partial charge in [0.25, 0.3) is 0 Å². The molecule has 1 N–H and O–H groups in total. The molecule has 2 fully saturated rings. The Hall–Kier alpha value is -0.980. The van der Waals surface area contributed by atoms with Crippen molar-refractivity contribution in [2.24, 2.45) is 7.05 Å². The average molecular weight is 321 g/mol. The Morgan fingerprint density at radius 1 is 1.13 bits per heavy atom. The minimum Gasteiger partial charge on any atom is -0.393 e. The lowest BCUT2D eigenvalue weighted by atomic mass is 9.96. The van der Waals surface area contributed by atoms with E-state index in [1.165, 1.54) is 19.4 Å². The predicted octanol–water partition coefficient (Wildman–Crippen LogP) is 1.36. The average Bonchev–Trinajstić information content (AvgIpc) is 2.91. The first kappa shape index (κ1) is 16.9. The Morgan fingerprint density at radius 2 is 1.87 bits per heavy atom. The molecule has 0 saturated carbocycles. The maximum atomic E-state index is 9.63. The molecule has 3 rings (SSSR count). The van der Waals surface area contributed by atoms with Crippen LogP contribution in [0.1, 0.15) is 57.1 Å². The highest BCUT2D eigenvalue weighted by molar-refractivity contribution is 5.04. The van der Waals surface area contributed by atoms with Gasteiger partial charge in [0, 0.05) is 38.6 Å². The van der Waals surface area contributed by atoms with Crippen LogP contribution in [0.4, 0.5) is 0 Å². The van der Waals surface area contributed by atoms with Crippen molar-refractivity contribution >= 4 is 0 Å². The van der Waals surface area contributed by atoms with Crippen molar-refractivity contribution < 1.29 is 5.11 Å². The number of aromatic nitrogens is 3. The minimum absolute atomic E-state index is 0.120. The van der Waals surface area contributed by atoms with E-state index in [1.54, 1.807) is 0 Å². The van der Waals surface area contributed by atoms with Crippen LogP contribution in [0.3, 0.4) is 0 Å². The molecule has 0 spiro atoms. The van der Waals surface area contributed by atoms with E-state index in [4.69, 9.17) is 0 Å². The Kier molecular flexibility index (Phi) is 5.34. The molecule has 3 heterocycles. The zero-order chi connectivity index (χ0) is 16.4. The van der Waals surface area contributed by atoms with Gasteiger partial charge in [-0.15, -0.1) is 10.2 Å². The molecule has 0 aromatic carbocycles. The Bertz CT molecular complexity index is 507. The molecular weight excluding hydrogens is 290 g/mol. The quantitative estimate of drug-likeness (QED) is 0.907. The maximum absolute atomic E-state index is 9.63. The molecule has 0 radical (unpaired) electrons. The fourth-order valence-electron chi connectivity index (χ4n) is 3.83. The van der Waals surface area contributed by atoms with Crippen molar-refractivity contribution in [3.8, 4) is 0 Å². The summed E-state index contributed by atoms with van der Waals surface area (Å²) >= 11 is 0. The summed E-state index contributed by atoms with van der Waals surface area (Å²) in [5, 5.41) is 18.6. The topological polar surface area (TPSA) is 57.4 Å². The third kappa shape index (κ3) is 3.92. The lowest BCUT2D eigenvalue weighted by Crippen LogP contribution is -2.39. The highest BCUT2D eigenvalue weighted by atomic mass is 16.3. The largest absolute Gasteiger partial charge is 0.393 e. The monoisotopic (exact) mass is 321 g/mol.